The molecule has 0 saturated heterocycles. The zero-order valence-electron chi connectivity index (χ0n) is 13.4. The Balaban J connectivity index is 3.13. The molecule has 0 saturated carbocycles. The number of hydrogen-bond donors (Lipinski definition) is 0. The minimum absolute atomic E-state index is 0.495. The summed E-state index contributed by atoms with van der Waals surface area (Å²) in [6.45, 7) is 2.74. The predicted molar refractivity (Wildman–Crippen MR) is 90.0 cm³/mol. The number of nitrogens with zero attached hydrogens (tertiary/aromatic N) is 1. The summed E-state index contributed by atoms with van der Waals surface area (Å²) in [5, 5.41) is 2.87. The van der Waals surface area contributed by atoms with Crippen LogP contribution in [0.5, 0.6) is 0 Å². The van der Waals surface area contributed by atoms with Crippen molar-refractivity contribution in [3.63, 3.8) is 0 Å². The molecule has 0 aliphatic heterocycles. The van der Waals surface area contributed by atoms with E-state index in [0.717, 1.165) is 19.3 Å². The third kappa shape index (κ3) is 17.1. The van der Waals surface area contributed by atoms with Gasteiger partial charge in [-0.25, -0.2) is 0 Å². The van der Waals surface area contributed by atoms with Crippen LogP contribution in [-0.2, 0) is 0 Å². The quantitative estimate of drug-likeness (QED) is 0.189. The van der Waals surface area contributed by atoms with Crippen LogP contribution < -0.4 is 0 Å². The number of hydrogen-bond acceptors (Lipinski definition) is 2. The maximum Gasteiger partial charge on any atom is 0.0811 e. The van der Waals surface area contributed by atoms with Crippen LogP contribution in [0.25, 0.3) is 0 Å². The fraction of sp³-hybridized carbons (Fsp3) is 0.778. The summed E-state index contributed by atoms with van der Waals surface area (Å²) in [7, 11) is 0. The Labute approximate surface area is 125 Å². The van der Waals surface area contributed by atoms with Gasteiger partial charge in [-0.3, -0.25) is 0 Å². The zero-order valence-corrected chi connectivity index (χ0v) is 13.4. The highest BCUT2D eigenvalue weighted by Gasteiger charge is 1.90. The lowest BCUT2D eigenvalue weighted by molar-refractivity contribution is 0.600. The molecule has 2 nitrogen and oxygen atoms in total. The lowest BCUT2D eigenvalue weighted by Gasteiger charge is -1.98. The van der Waals surface area contributed by atoms with Crippen molar-refractivity contribution in [3.8, 4) is 0 Å². The summed E-state index contributed by atoms with van der Waals surface area (Å²) >= 11 is 0. The van der Waals surface area contributed by atoms with E-state index in [0.29, 0.717) is 6.54 Å². The van der Waals surface area contributed by atoms with Crippen LogP contribution in [-0.4, -0.2) is 6.54 Å². The molecule has 0 bridgehead atoms. The Morgan fingerprint density at radius 2 is 1.25 bits per heavy atom. The molecule has 116 valence electrons. The van der Waals surface area contributed by atoms with Crippen LogP contribution in [0.1, 0.15) is 84.0 Å². The van der Waals surface area contributed by atoms with Gasteiger partial charge in [-0.05, 0) is 38.5 Å². The normalized spacial score (nSPS) is 11.7. The van der Waals surface area contributed by atoms with Gasteiger partial charge in [0.1, 0.15) is 0 Å². The van der Waals surface area contributed by atoms with Crippen LogP contribution in [0.3, 0.4) is 0 Å². The summed E-state index contributed by atoms with van der Waals surface area (Å²) in [4.78, 5) is 9.89. The van der Waals surface area contributed by atoms with Crippen molar-refractivity contribution >= 4 is 0 Å². The summed E-state index contributed by atoms with van der Waals surface area (Å²) < 4.78 is 0. The zero-order chi connectivity index (χ0) is 14.7. The summed E-state index contributed by atoms with van der Waals surface area (Å²) in [5.74, 6) is 0. The molecule has 0 unspecified atom stereocenters. The molecule has 0 heterocycles. The van der Waals surface area contributed by atoms with Gasteiger partial charge in [-0.1, -0.05) is 74.9 Å². The molecule has 0 atom stereocenters. The summed E-state index contributed by atoms with van der Waals surface area (Å²) in [6, 6.07) is 0. The third-order valence-corrected chi connectivity index (χ3v) is 3.45. The molecule has 0 aliphatic carbocycles. The standard InChI is InChI=1S/C18H33NO/c1-2-3-4-5-6-7-8-9-10-11-12-13-14-15-16-17-18-19-20/h6-7,9-10H,2-5,8,11-18H2,1H3/b7-6+,10-9+. The first-order valence-corrected chi connectivity index (χ1v) is 8.51. The van der Waals surface area contributed by atoms with Gasteiger partial charge < -0.3 is 0 Å². The molecule has 0 radical (unpaired) electrons. The fourth-order valence-corrected chi connectivity index (χ4v) is 2.16. The van der Waals surface area contributed by atoms with Crippen molar-refractivity contribution in [2.24, 2.45) is 5.18 Å². The first kappa shape index (κ1) is 19.1. The van der Waals surface area contributed by atoms with E-state index in [2.05, 4.69) is 36.4 Å². The van der Waals surface area contributed by atoms with Gasteiger partial charge in [0, 0.05) is 0 Å². The average Bonchev–Trinajstić information content (AvgIpc) is 2.47. The number of unbranched alkanes of at least 4 members (excludes halogenated alkanes) is 9. The lowest BCUT2D eigenvalue weighted by Crippen LogP contribution is -1.82. The topological polar surface area (TPSA) is 29.4 Å². The fourth-order valence-electron chi connectivity index (χ4n) is 2.16. The maximum absolute atomic E-state index is 9.89. The van der Waals surface area contributed by atoms with E-state index >= 15 is 0 Å². The molecule has 0 N–H and O–H groups in total. The molecule has 0 amide bonds. The molecule has 0 aliphatic rings. The van der Waals surface area contributed by atoms with Gasteiger partial charge in [0.25, 0.3) is 0 Å². The third-order valence-electron chi connectivity index (χ3n) is 3.45. The Kier molecular flexibility index (Phi) is 17.2. The molecule has 20 heavy (non-hydrogen) atoms. The Morgan fingerprint density at radius 3 is 1.85 bits per heavy atom. The molecule has 0 rings (SSSR count). The first-order valence-electron chi connectivity index (χ1n) is 8.51. The van der Waals surface area contributed by atoms with E-state index < -0.39 is 0 Å². The Morgan fingerprint density at radius 1 is 0.700 bits per heavy atom. The molecule has 0 aromatic rings. The summed E-state index contributed by atoms with van der Waals surface area (Å²) in [5.41, 5.74) is 0. The van der Waals surface area contributed by atoms with Crippen LogP contribution in [0.4, 0.5) is 0 Å². The molecular formula is C18H33NO. The van der Waals surface area contributed by atoms with Gasteiger partial charge in [0.05, 0.1) is 6.54 Å². The number of rotatable bonds is 15. The lowest BCUT2D eigenvalue weighted by atomic mass is 10.1. The van der Waals surface area contributed by atoms with Crippen molar-refractivity contribution < 1.29 is 0 Å². The Hall–Kier alpha value is -0.920. The molecule has 0 aromatic heterocycles. The SMILES string of the molecule is CCCCC/C=C/C/C=C/CCCCCCCCN=O. The van der Waals surface area contributed by atoms with Crippen LogP contribution >= 0.6 is 0 Å². The van der Waals surface area contributed by atoms with Crippen molar-refractivity contribution in [2.45, 2.75) is 84.0 Å². The van der Waals surface area contributed by atoms with E-state index in [1.54, 1.807) is 0 Å². The number of nitroso groups, excluding NO2 is 1. The van der Waals surface area contributed by atoms with Gasteiger partial charge >= 0.3 is 0 Å². The highest BCUT2D eigenvalue weighted by atomic mass is 16.3. The average molecular weight is 279 g/mol. The highest BCUT2D eigenvalue weighted by Crippen LogP contribution is 2.08. The van der Waals surface area contributed by atoms with Gasteiger partial charge in [-0.15, -0.1) is 0 Å². The van der Waals surface area contributed by atoms with Crippen molar-refractivity contribution in [1.29, 1.82) is 0 Å². The smallest absolute Gasteiger partial charge is 0.0811 e. The minimum atomic E-state index is 0.495. The molecule has 0 fully saturated rings. The van der Waals surface area contributed by atoms with E-state index in [4.69, 9.17) is 0 Å². The molecule has 0 aromatic carbocycles. The van der Waals surface area contributed by atoms with Crippen LogP contribution in [0.2, 0.25) is 0 Å². The van der Waals surface area contributed by atoms with Crippen molar-refractivity contribution in [3.05, 3.63) is 29.2 Å². The monoisotopic (exact) mass is 279 g/mol. The molecular weight excluding hydrogens is 246 g/mol. The highest BCUT2D eigenvalue weighted by molar-refractivity contribution is 4.92. The van der Waals surface area contributed by atoms with Crippen LogP contribution in [0.15, 0.2) is 29.5 Å². The van der Waals surface area contributed by atoms with Crippen LogP contribution in [0, 0.1) is 4.91 Å². The van der Waals surface area contributed by atoms with Crippen molar-refractivity contribution in [1.82, 2.24) is 0 Å². The van der Waals surface area contributed by atoms with E-state index in [1.165, 1.54) is 57.8 Å². The maximum atomic E-state index is 9.89. The minimum Gasteiger partial charge on any atom is -0.151 e. The molecule has 2 heteroatoms. The predicted octanol–water partition coefficient (Wildman–Crippen LogP) is 6.57. The molecule has 0 spiro atoms. The second-order valence-electron chi connectivity index (χ2n) is 5.44. The van der Waals surface area contributed by atoms with Gasteiger partial charge in [0.15, 0.2) is 0 Å². The van der Waals surface area contributed by atoms with E-state index in [1.807, 2.05) is 0 Å². The largest absolute Gasteiger partial charge is 0.151 e. The second kappa shape index (κ2) is 18.1. The summed E-state index contributed by atoms with van der Waals surface area (Å²) in [6.07, 6.45) is 24.0. The Bertz CT molecular complexity index is 246. The second-order valence-corrected chi connectivity index (χ2v) is 5.44. The number of allylic oxidation sites excluding steroid dienone is 4. The first-order chi connectivity index (χ1) is 9.91. The van der Waals surface area contributed by atoms with Gasteiger partial charge in [-0.2, -0.15) is 4.91 Å². The van der Waals surface area contributed by atoms with Crippen molar-refractivity contribution in [2.75, 3.05) is 6.54 Å². The van der Waals surface area contributed by atoms with Gasteiger partial charge in [0.2, 0.25) is 0 Å². The van der Waals surface area contributed by atoms with E-state index in [9.17, 15) is 4.91 Å². The van der Waals surface area contributed by atoms with E-state index in [-0.39, 0.29) is 0 Å².